The summed E-state index contributed by atoms with van der Waals surface area (Å²) in [7, 11) is -1.86. The molecule has 0 aromatic heterocycles. The summed E-state index contributed by atoms with van der Waals surface area (Å²) in [6.07, 6.45) is 0. The smallest absolute Gasteiger partial charge is 0.186 e. The molecule has 0 spiro atoms. The lowest BCUT2D eigenvalue weighted by molar-refractivity contribution is 0.527. The fraction of sp³-hybridized carbons (Fsp3) is 0.455. The molecular formula is C11H15FN2O2S. The molecule has 0 amide bonds. The maximum atomic E-state index is 13.7. The minimum absolute atomic E-state index is 0.0315. The molecule has 2 atom stereocenters. The van der Waals surface area contributed by atoms with Crippen LogP contribution in [-0.2, 0) is 9.84 Å². The van der Waals surface area contributed by atoms with Crippen molar-refractivity contribution >= 4 is 15.5 Å². The highest BCUT2D eigenvalue weighted by molar-refractivity contribution is 7.92. The Morgan fingerprint density at radius 3 is 2.71 bits per heavy atom. The van der Waals surface area contributed by atoms with Gasteiger partial charge < -0.3 is 10.6 Å². The molecular weight excluding hydrogens is 243 g/mol. The van der Waals surface area contributed by atoms with E-state index in [0.29, 0.717) is 0 Å². The maximum absolute atomic E-state index is 13.7. The largest absolute Gasteiger partial charge is 0.367 e. The van der Waals surface area contributed by atoms with Crippen molar-refractivity contribution in [2.75, 3.05) is 18.5 Å². The third kappa shape index (κ3) is 1.63. The highest BCUT2D eigenvalue weighted by atomic mass is 32.2. The first kappa shape index (κ1) is 12.3. The monoisotopic (exact) mass is 258 g/mol. The van der Waals surface area contributed by atoms with Crippen LogP contribution in [0.5, 0.6) is 0 Å². The van der Waals surface area contributed by atoms with Crippen LogP contribution in [-0.4, -0.2) is 33.3 Å². The molecule has 2 rings (SSSR count). The fourth-order valence-corrected chi connectivity index (χ4v) is 4.33. The van der Waals surface area contributed by atoms with E-state index in [4.69, 9.17) is 5.73 Å². The lowest BCUT2D eigenvalue weighted by Gasteiger charge is -2.38. The summed E-state index contributed by atoms with van der Waals surface area (Å²) in [5, 5.41) is -0.693. The Hall–Kier alpha value is -1.14. The van der Waals surface area contributed by atoms with Crippen LogP contribution in [0.3, 0.4) is 0 Å². The molecule has 0 radical (unpaired) electrons. The number of sulfone groups is 1. The molecule has 1 aliphatic heterocycles. The number of hydrogen-bond donors (Lipinski definition) is 1. The van der Waals surface area contributed by atoms with Crippen molar-refractivity contribution in [1.82, 2.24) is 0 Å². The molecule has 2 N–H and O–H groups in total. The van der Waals surface area contributed by atoms with E-state index in [-0.39, 0.29) is 23.2 Å². The van der Waals surface area contributed by atoms with Gasteiger partial charge in [-0.1, -0.05) is 6.07 Å². The van der Waals surface area contributed by atoms with E-state index in [1.165, 1.54) is 18.2 Å². The summed E-state index contributed by atoms with van der Waals surface area (Å²) >= 11 is 0. The standard InChI is InChI=1S/C11H15FN2O2S/c1-7-10(6-13)17(15,16)9-5-3-4-8(12)11(9)14(7)2/h3-5,7,10H,6,13H2,1-2H3. The number of hydrogen-bond acceptors (Lipinski definition) is 4. The van der Waals surface area contributed by atoms with Gasteiger partial charge in [0.15, 0.2) is 9.84 Å². The first-order valence-corrected chi connectivity index (χ1v) is 6.91. The van der Waals surface area contributed by atoms with E-state index in [1.54, 1.807) is 18.9 Å². The van der Waals surface area contributed by atoms with Gasteiger partial charge in [-0.2, -0.15) is 0 Å². The van der Waals surface area contributed by atoms with Crippen LogP contribution in [0.15, 0.2) is 23.1 Å². The van der Waals surface area contributed by atoms with Crippen molar-refractivity contribution < 1.29 is 12.8 Å². The van der Waals surface area contributed by atoms with Gasteiger partial charge in [0.2, 0.25) is 0 Å². The maximum Gasteiger partial charge on any atom is 0.186 e. The van der Waals surface area contributed by atoms with E-state index in [0.717, 1.165) is 0 Å². The molecule has 0 bridgehead atoms. The van der Waals surface area contributed by atoms with Gasteiger partial charge in [-0.25, -0.2) is 12.8 Å². The van der Waals surface area contributed by atoms with E-state index in [1.807, 2.05) is 0 Å². The lowest BCUT2D eigenvalue weighted by Crippen LogP contribution is -2.51. The second-order valence-electron chi connectivity index (χ2n) is 4.26. The number of anilines is 1. The van der Waals surface area contributed by atoms with Crippen LogP contribution in [0.25, 0.3) is 0 Å². The Labute approximate surface area is 100 Å². The highest BCUT2D eigenvalue weighted by Gasteiger charge is 2.41. The zero-order chi connectivity index (χ0) is 12.8. The van der Waals surface area contributed by atoms with Gasteiger partial charge in [-0.05, 0) is 19.1 Å². The summed E-state index contributed by atoms with van der Waals surface area (Å²) in [5.41, 5.74) is 5.67. The molecule has 0 saturated carbocycles. The highest BCUT2D eigenvalue weighted by Crippen LogP contribution is 2.37. The molecule has 0 aliphatic carbocycles. The van der Waals surface area contributed by atoms with Crippen LogP contribution < -0.4 is 10.6 Å². The van der Waals surface area contributed by atoms with Gasteiger partial charge in [0.25, 0.3) is 0 Å². The van der Waals surface area contributed by atoms with E-state index >= 15 is 0 Å². The molecule has 1 heterocycles. The van der Waals surface area contributed by atoms with E-state index in [2.05, 4.69) is 0 Å². The second kappa shape index (κ2) is 3.96. The molecule has 94 valence electrons. The van der Waals surface area contributed by atoms with Gasteiger partial charge in [0.1, 0.15) is 5.82 Å². The molecule has 1 aromatic carbocycles. The Morgan fingerprint density at radius 2 is 2.12 bits per heavy atom. The SMILES string of the molecule is CC1C(CN)S(=O)(=O)c2cccc(F)c2N1C. The zero-order valence-electron chi connectivity index (χ0n) is 9.72. The van der Waals surface area contributed by atoms with Crippen LogP contribution in [0.2, 0.25) is 0 Å². The number of rotatable bonds is 1. The number of para-hydroxylation sites is 1. The Balaban J connectivity index is 2.75. The van der Waals surface area contributed by atoms with Crippen LogP contribution in [0.1, 0.15) is 6.92 Å². The molecule has 0 saturated heterocycles. The predicted octanol–water partition coefficient (Wildman–Crippen LogP) is 0.765. The Morgan fingerprint density at radius 1 is 1.47 bits per heavy atom. The van der Waals surface area contributed by atoms with Gasteiger partial charge in [0.05, 0.1) is 15.8 Å². The molecule has 17 heavy (non-hydrogen) atoms. The normalized spacial score (nSPS) is 26.7. The second-order valence-corrected chi connectivity index (χ2v) is 6.39. The van der Waals surface area contributed by atoms with Gasteiger partial charge in [0, 0.05) is 19.6 Å². The van der Waals surface area contributed by atoms with Gasteiger partial charge in [-0.3, -0.25) is 0 Å². The predicted molar refractivity (Wildman–Crippen MR) is 64.3 cm³/mol. The number of halogens is 1. The molecule has 0 fully saturated rings. The van der Waals surface area contributed by atoms with Crippen molar-refractivity contribution in [3.8, 4) is 0 Å². The first-order chi connectivity index (χ1) is 7.91. The summed E-state index contributed by atoms with van der Waals surface area (Å²) in [4.78, 5) is 1.68. The van der Waals surface area contributed by atoms with Crippen molar-refractivity contribution in [1.29, 1.82) is 0 Å². The van der Waals surface area contributed by atoms with E-state index in [9.17, 15) is 12.8 Å². The fourth-order valence-electron chi connectivity index (χ4n) is 2.27. The summed E-state index contributed by atoms with van der Waals surface area (Å²) in [5.74, 6) is -0.518. The van der Waals surface area contributed by atoms with Gasteiger partial charge in [-0.15, -0.1) is 0 Å². The molecule has 2 unspecified atom stereocenters. The van der Waals surface area contributed by atoms with Crippen LogP contribution in [0.4, 0.5) is 10.1 Å². The average Bonchev–Trinajstić information content (AvgIpc) is 2.26. The summed E-state index contributed by atoms with van der Waals surface area (Å²) < 4.78 is 38.3. The van der Waals surface area contributed by atoms with Crippen LogP contribution >= 0.6 is 0 Å². The third-order valence-electron chi connectivity index (χ3n) is 3.39. The molecule has 6 heteroatoms. The number of nitrogens with two attached hydrogens (primary N) is 1. The average molecular weight is 258 g/mol. The van der Waals surface area contributed by atoms with Crippen LogP contribution in [0, 0.1) is 5.82 Å². The summed E-state index contributed by atoms with van der Waals surface area (Å²) in [6.45, 7) is 1.77. The number of nitrogens with zero attached hydrogens (tertiary/aromatic N) is 1. The first-order valence-electron chi connectivity index (χ1n) is 5.36. The summed E-state index contributed by atoms with van der Waals surface area (Å²) in [6, 6.07) is 3.76. The van der Waals surface area contributed by atoms with Crippen molar-refractivity contribution in [3.05, 3.63) is 24.0 Å². The Kier molecular flexibility index (Phi) is 2.87. The molecule has 1 aromatic rings. The van der Waals surface area contributed by atoms with Crippen molar-refractivity contribution in [2.24, 2.45) is 5.73 Å². The van der Waals surface area contributed by atoms with Gasteiger partial charge >= 0.3 is 0 Å². The minimum Gasteiger partial charge on any atom is -0.367 e. The number of fused-ring (bicyclic) bond motifs is 1. The quantitative estimate of drug-likeness (QED) is 0.808. The Bertz CT molecular complexity index is 544. The topological polar surface area (TPSA) is 63.4 Å². The molecule has 1 aliphatic rings. The number of benzene rings is 1. The van der Waals surface area contributed by atoms with Crippen molar-refractivity contribution in [3.63, 3.8) is 0 Å². The zero-order valence-corrected chi connectivity index (χ0v) is 10.5. The third-order valence-corrected chi connectivity index (χ3v) is 5.71. The lowest BCUT2D eigenvalue weighted by atomic mass is 10.1. The van der Waals surface area contributed by atoms with Crippen molar-refractivity contribution in [2.45, 2.75) is 23.1 Å². The minimum atomic E-state index is -3.54. The van der Waals surface area contributed by atoms with E-state index < -0.39 is 20.9 Å². The molecule has 4 nitrogen and oxygen atoms in total.